The average molecular weight is 473 g/mol. The van der Waals surface area contributed by atoms with Gasteiger partial charge in [-0.3, -0.25) is 0 Å². The van der Waals surface area contributed by atoms with Gasteiger partial charge in [0.1, 0.15) is 18.2 Å². The first-order chi connectivity index (χ1) is 17.1. The van der Waals surface area contributed by atoms with E-state index in [-0.39, 0.29) is 0 Å². The summed E-state index contributed by atoms with van der Waals surface area (Å²) in [6.45, 7) is 11.1. The van der Waals surface area contributed by atoms with Crippen molar-refractivity contribution in [1.82, 2.24) is 19.5 Å². The molecule has 2 N–H and O–H groups in total. The molecular formula is C27H32N6O2. The van der Waals surface area contributed by atoms with E-state index in [0.29, 0.717) is 6.61 Å². The van der Waals surface area contributed by atoms with E-state index in [0.717, 1.165) is 72.7 Å². The highest BCUT2D eigenvalue weighted by atomic mass is 16.5. The first-order valence-corrected chi connectivity index (χ1v) is 12.1. The summed E-state index contributed by atoms with van der Waals surface area (Å²) in [7, 11) is 0. The Morgan fingerprint density at radius 1 is 1.09 bits per heavy atom. The third-order valence-electron chi connectivity index (χ3n) is 6.20. The summed E-state index contributed by atoms with van der Waals surface area (Å²) < 4.78 is 13.1. The molecule has 0 saturated carbocycles. The summed E-state index contributed by atoms with van der Waals surface area (Å²) in [5.41, 5.74) is 7.05. The van der Waals surface area contributed by atoms with E-state index < -0.39 is 0 Å². The molecule has 1 fully saturated rings. The van der Waals surface area contributed by atoms with Gasteiger partial charge >= 0.3 is 0 Å². The van der Waals surface area contributed by atoms with Crippen LogP contribution in [-0.2, 0) is 4.74 Å². The standard InChI is InChI=1S/C27H32N6O2/c1-4-21(32-12-15-34-16-13-32)6-7-22(19(2)3)30-27-18-23(31-26-9-10-29-33(26)27)20-5-8-25-24(17-20)28-11-14-35-25/h4-10,17-18,28,30H,11-16H2,1-3H3/b7-6-,21-4+. The van der Waals surface area contributed by atoms with Gasteiger partial charge in [0.2, 0.25) is 0 Å². The van der Waals surface area contributed by atoms with Crippen LogP contribution in [0.3, 0.4) is 0 Å². The highest BCUT2D eigenvalue weighted by Crippen LogP contribution is 2.33. The summed E-state index contributed by atoms with van der Waals surface area (Å²) in [5.74, 6) is 1.73. The first kappa shape index (κ1) is 23.0. The van der Waals surface area contributed by atoms with Gasteiger partial charge in [0.15, 0.2) is 5.65 Å². The van der Waals surface area contributed by atoms with Gasteiger partial charge < -0.3 is 25.0 Å². The van der Waals surface area contributed by atoms with Crippen LogP contribution >= 0.6 is 0 Å². The van der Waals surface area contributed by atoms with E-state index in [2.05, 4.69) is 65.7 Å². The number of aromatic nitrogens is 3. The molecule has 0 bridgehead atoms. The van der Waals surface area contributed by atoms with Crippen molar-refractivity contribution >= 4 is 17.2 Å². The minimum Gasteiger partial charge on any atom is -0.490 e. The van der Waals surface area contributed by atoms with Gasteiger partial charge in [-0.05, 0) is 51.1 Å². The van der Waals surface area contributed by atoms with E-state index in [4.69, 9.17) is 14.5 Å². The van der Waals surface area contributed by atoms with Gasteiger partial charge in [-0.25, -0.2) is 4.98 Å². The van der Waals surface area contributed by atoms with Gasteiger partial charge in [0, 0.05) is 48.7 Å². The Morgan fingerprint density at radius 2 is 1.94 bits per heavy atom. The number of nitrogens with zero attached hydrogens (tertiary/aromatic N) is 4. The Balaban J connectivity index is 1.45. The Morgan fingerprint density at radius 3 is 2.74 bits per heavy atom. The van der Waals surface area contributed by atoms with Crippen LogP contribution in [0.2, 0.25) is 0 Å². The third kappa shape index (κ3) is 5.02. The number of hydrogen-bond acceptors (Lipinski definition) is 7. The smallest absolute Gasteiger partial charge is 0.157 e. The van der Waals surface area contributed by atoms with Crippen molar-refractivity contribution in [2.45, 2.75) is 20.8 Å². The van der Waals surface area contributed by atoms with E-state index in [1.807, 2.05) is 28.8 Å². The number of fused-ring (bicyclic) bond motifs is 2. The van der Waals surface area contributed by atoms with E-state index in [1.54, 1.807) is 6.20 Å². The minimum absolute atomic E-state index is 0.680. The summed E-state index contributed by atoms with van der Waals surface area (Å²) in [6.07, 6.45) is 8.22. The fourth-order valence-corrected chi connectivity index (χ4v) is 4.30. The van der Waals surface area contributed by atoms with Crippen molar-refractivity contribution < 1.29 is 9.47 Å². The van der Waals surface area contributed by atoms with Gasteiger partial charge in [-0.2, -0.15) is 9.61 Å². The van der Waals surface area contributed by atoms with Crippen molar-refractivity contribution in [3.63, 3.8) is 0 Å². The Hall–Kier alpha value is -3.78. The number of morpholine rings is 1. The molecule has 0 amide bonds. The highest BCUT2D eigenvalue weighted by Gasteiger charge is 2.15. The van der Waals surface area contributed by atoms with Crippen molar-refractivity contribution in [3.8, 4) is 17.0 Å². The van der Waals surface area contributed by atoms with E-state index >= 15 is 0 Å². The Kier molecular flexibility index (Phi) is 6.72. The van der Waals surface area contributed by atoms with Crippen LogP contribution in [-0.4, -0.2) is 59.0 Å². The molecule has 1 aromatic carbocycles. The molecule has 0 aliphatic carbocycles. The molecule has 182 valence electrons. The molecule has 8 heteroatoms. The summed E-state index contributed by atoms with van der Waals surface area (Å²) in [6, 6.07) is 10.1. The number of hydrogen-bond donors (Lipinski definition) is 2. The van der Waals surface area contributed by atoms with Crippen molar-refractivity contribution in [2.24, 2.45) is 0 Å². The second kappa shape index (κ2) is 10.2. The monoisotopic (exact) mass is 472 g/mol. The van der Waals surface area contributed by atoms with Crippen LogP contribution in [0, 0.1) is 0 Å². The molecule has 0 spiro atoms. The topological polar surface area (TPSA) is 76.0 Å². The number of benzene rings is 1. The molecule has 2 aliphatic rings. The number of allylic oxidation sites excluding steroid dienone is 4. The zero-order valence-electron chi connectivity index (χ0n) is 20.5. The number of anilines is 2. The van der Waals surface area contributed by atoms with Crippen LogP contribution in [0.15, 0.2) is 71.7 Å². The zero-order chi connectivity index (χ0) is 24.2. The molecule has 0 atom stereocenters. The van der Waals surface area contributed by atoms with Crippen molar-refractivity contribution in [3.05, 3.63) is 71.7 Å². The predicted octanol–water partition coefficient (Wildman–Crippen LogP) is 4.70. The maximum absolute atomic E-state index is 5.74. The lowest BCUT2D eigenvalue weighted by molar-refractivity contribution is 0.0553. The SMILES string of the molecule is C/C=C(\C=C/C(Nc1cc(-c2ccc3c(c2)NCCO3)nc2ccnn12)=C(C)C)N1CCOCC1. The average Bonchev–Trinajstić information content (AvgIpc) is 3.37. The maximum atomic E-state index is 5.74. The van der Waals surface area contributed by atoms with Crippen LogP contribution in [0.5, 0.6) is 5.75 Å². The minimum atomic E-state index is 0.680. The van der Waals surface area contributed by atoms with Gasteiger partial charge in [0.25, 0.3) is 0 Å². The maximum Gasteiger partial charge on any atom is 0.157 e. The lowest BCUT2D eigenvalue weighted by Crippen LogP contribution is -2.35. The van der Waals surface area contributed by atoms with Gasteiger partial charge in [0.05, 0.1) is 30.8 Å². The fraction of sp³-hybridized carbons (Fsp3) is 0.333. The highest BCUT2D eigenvalue weighted by molar-refractivity contribution is 5.73. The van der Waals surface area contributed by atoms with Crippen molar-refractivity contribution in [1.29, 1.82) is 0 Å². The largest absolute Gasteiger partial charge is 0.490 e. The summed E-state index contributed by atoms with van der Waals surface area (Å²) >= 11 is 0. The third-order valence-corrected chi connectivity index (χ3v) is 6.20. The lowest BCUT2D eigenvalue weighted by Gasteiger charge is -2.29. The molecule has 2 aliphatic heterocycles. The second-order valence-corrected chi connectivity index (χ2v) is 8.80. The molecule has 8 nitrogen and oxygen atoms in total. The Bertz CT molecular complexity index is 1300. The van der Waals surface area contributed by atoms with Gasteiger partial charge in [-0.15, -0.1) is 0 Å². The first-order valence-electron chi connectivity index (χ1n) is 12.1. The molecular weight excluding hydrogens is 440 g/mol. The summed E-state index contributed by atoms with van der Waals surface area (Å²) in [5, 5.41) is 11.5. The van der Waals surface area contributed by atoms with Crippen LogP contribution in [0.1, 0.15) is 20.8 Å². The number of nitrogens with one attached hydrogen (secondary N) is 2. The fourth-order valence-electron chi connectivity index (χ4n) is 4.30. The Labute approximate surface area is 205 Å². The zero-order valence-corrected chi connectivity index (χ0v) is 20.5. The molecule has 4 heterocycles. The normalized spacial score (nSPS) is 16.1. The predicted molar refractivity (Wildman–Crippen MR) is 140 cm³/mol. The van der Waals surface area contributed by atoms with E-state index in [1.165, 1.54) is 11.3 Å². The number of rotatable bonds is 6. The molecule has 1 saturated heterocycles. The molecule has 0 radical (unpaired) electrons. The molecule has 0 unspecified atom stereocenters. The van der Waals surface area contributed by atoms with Crippen LogP contribution in [0.4, 0.5) is 11.5 Å². The summed E-state index contributed by atoms with van der Waals surface area (Å²) in [4.78, 5) is 7.20. The molecule has 5 rings (SSSR count). The molecule has 3 aromatic rings. The van der Waals surface area contributed by atoms with Crippen molar-refractivity contribution in [2.75, 3.05) is 50.1 Å². The molecule has 35 heavy (non-hydrogen) atoms. The van der Waals surface area contributed by atoms with Gasteiger partial charge in [-0.1, -0.05) is 11.6 Å². The quantitative estimate of drug-likeness (QED) is 0.504. The lowest BCUT2D eigenvalue weighted by atomic mass is 10.1. The van der Waals surface area contributed by atoms with Crippen LogP contribution in [0.25, 0.3) is 16.9 Å². The molecule has 2 aromatic heterocycles. The van der Waals surface area contributed by atoms with Crippen LogP contribution < -0.4 is 15.4 Å². The second-order valence-electron chi connectivity index (χ2n) is 8.80. The van der Waals surface area contributed by atoms with E-state index in [9.17, 15) is 0 Å². The number of ether oxygens (including phenoxy) is 2.